The second kappa shape index (κ2) is 5.45. The first-order chi connectivity index (χ1) is 8.61. The average Bonchev–Trinajstić information content (AvgIpc) is 2.25. The van der Waals surface area contributed by atoms with Crippen LogP contribution in [0.5, 0.6) is 0 Å². The Morgan fingerprint density at radius 3 is 2.11 bits per heavy atom. The Hall–Kier alpha value is -1.17. The lowest BCUT2D eigenvalue weighted by molar-refractivity contribution is -0.294. The SMILES string of the molecule is CCNC(c1ccc(C)cc1C)C(F)(F)C(F)(F)F. The van der Waals surface area contributed by atoms with Gasteiger partial charge in [0, 0.05) is 0 Å². The molecule has 0 aliphatic rings. The van der Waals surface area contributed by atoms with Crippen LogP contribution in [0, 0.1) is 13.8 Å². The highest BCUT2D eigenvalue weighted by molar-refractivity contribution is 5.34. The van der Waals surface area contributed by atoms with Gasteiger partial charge in [-0.15, -0.1) is 0 Å². The molecule has 0 saturated heterocycles. The molecular formula is C13H16F5N. The fourth-order valence-electron chi connectivity index (χ4n) is 1.95. The van der Waals surface area contributed by atoms with Crippen molar-refractivity contribution in [3.63, 3.8) is 0 Å². The van der Waals surface area contributed by atoms with Gasteiger partial charge in [0.2, 0.25) is 0 Å². The second-order valence-corrected chi connectivity index (χ2v) is 4.47. The summed E-state index contributed by atoms with van der Waals surface area (Å²) in [6.07, 6.45) is -5.59. The molecule has 0 saturated carbocycles. The standard InChI is InChI=1S/C13H16F5N/c1-4-19-11(12(14,15)13(16,17)18)10-6-5-8(2)7-9(10)3/h5-7,11,19H,4H2,1-3H3. The van der Waals surface area contributed by atoms with Crippen molar-refractivity contribution in [3.8, 4) is 0 Å². The smallest absolute Gasteiger partial charge is 0.305 e. The van der Waals surface area contributed by atoms with E-state index in [1.54, 1.807) is 13.0 Å². The Morgan fingerprint density at radius 2 is 1.68 bits per heavy atom. The van der Waals surface area contributed by atoms with E-state index in [0.717, 1.165) is 5.56 Å². The van der Waals surface area contributed by atoms with Crippen LogP contribution < -0.4 is 5.32 Å². The number of halogens is 5. The summed E-state index contributed by atoms with van der Waals surface area (Å²) < 4.78 is 64.7. The molecule has 1 N–H and O–H groups in total. The Balaban J connectivity index is 3.28. The van der Waals surface area contributed by atoms with Crippen LogP contribution in [0.1, 0.15) is 29.7 Å². The summed E-state index contributed by atoms with van der Waals surface area (Å²) >= 11 is 0. The molecule has 1 unspecified atom stereocenters. The van der Waals surface area contributed by atoms with Crippen LogP contribution in [0.25, 0.3) is 0 Å². The molecule has 0 spiro atoms. The van der Waals surface area contributed by atoms with Crippen LogP contribution in [0.15, 0.2) is 18.2 Å². The molecule has 1 aromatic carbocycles. The topological polar surface area (TPSA) is 12.0 Å². The van der Waals surface area contributed by atoms with Crippen LogP contribution in [-0.4, -0.2) is 18.6 Å². The summed E-state index contributed by atoms with van der Waals surface area (Å²) in [4.78, 5) is 0. The van der Waals surface area contributed by atoms with Gasteiger partial charge >= 0.3 is 12.1 Å². The van der Waals surface area contributed by atoms with Gasteiger partial charge in [-0.25, -0.2) is 0 Å². The first-order valence-corrected chi connectivity index (χ1v) is 5.86. The molecule has 0 fully saturated rings. The van der Waals surface area contributed by atoms with Gasteiger partial charge in [-0.3, -0.25) is 0 Å². The minimum atomic E-state index is -5.59. The summed E-state index contributed by atoms with van der Waals surface area (Å²) in [6, 6.07) is 2.36. The van der Waals surface area contributed by atoms with Crippen LogP contribution in [0.4, 0.5) is 22.0 Å². The van der Waals surface area contributed by atoms with Crippen LogP contribution in [-0.2, 0) is 0 Å². The van der Waals surface area contributed by atoms with Crippen LogP contribution in [0.2, 0.25) is 0 Å². The zero-order valence-corrected chi connectivity index (χ0v) is 10.9. The zero-order valence-electron chi connectivity index (χ0n) is 10.9. The molecule has 1 nitrogen and oxygen atoms in total. The number of hydrogen-bond donors (Lipinski definition) is 1. The van der Waals surface area contributed by atoms with Crippen molar-refractivity contribution in [2.45, 2.75) is 38.9 Å². The maximum Gasteiger partial charge on any atom is 0.455 e. The number of alkyl halides is 5. The molecular weight excluding hydrogens is 265 g/mol. The average molecular weight is 281 g/mol. The molecule has 0 aliphatic carbocycles. The first-order valence-electron chi connectivity index (χ1n) is 5.86. The summed E-state index contributed by atoms with van der Waals surface area (Å²) in [5.74, 6) is -4.82. The van der Waals surface area contributed by atoms with E-state index in [9.17, 15) is 22.0 Å². The van der Waals surface area contributed by atoms with Gasteiger partial charge < -0.3 is 5.32 Å². The zero-order chi connectivity index (χ0) is 14.8. The highest BCUT2D eigenvalue weighted by Crippen LogP contribution is 2.45. The molecule has 0 aliphatic heterocycles. The van der Waals surface area contributed by atoms with E-state index in [1.807, 2.05) is 0 Å². The van der Waals surface area contributed by atoms with Crippen LogP contribution >= 0.6 is 0 Å². The van der Waals surface area contributed by atoms with Crippen molar-refractivity contribution in [1.29, 1.82) is 0 Å². The lowest BCUT2D eigenvalue weighted by Gasteiger charge is -2.30. The minimum absolute atomic E-state index is 0.0175. The Bertz CT molecular complexity index is 439. The lowest BCUT2D eigenvalue weighted by Crippen LogP contribution is -2.48. The molecule has 0 bridgehead atoms. The molecule has 108 valence electrons. The second-order valence-electron chi connectivity index (χ2n) is 4.47. The third-order valence-electron chi connectivity index (χ3n) is 2.89. The maximum absolute atomic E-state index is 13.6. The van der Waals surface area contributed by atoms with Gasteiger partial charge in [-0.2, -0.15) is 22.0 Å². The molecule has 0 amide bonds. The summed E-state index contributed by atoms with van der Waals surface area (Å²) in [5, 5.41) is 2.24. The highest BCUT2D eigenvalue weighted by Gasteiger charge is 2.62. The predicted molar refractivity (Wildman–Crippen MR) is 63.3 cm³/mol. The monoisotopic (exact) mass is 281 g/mol. The molecule has 1 atom stereocenters. The van der Waals surface area contributed by atoms with Gasteiger partial charge in [0.15, 0.2) is 0 Å². The van der Waals surface area contributed by atoms with E-state index in [1.165, 1.54) is 26.0 Å². The summed E-state index contributed by atoms with van der Waals surface area (Å²) in [6.45, 7) is 4.78. The molecule has 0 heterocycles. The van der Waals surface area contributed by atoms with Crippen molar-refractivity contribution in [2.24, 2.45) is 0 Å². The molecule has 1 rings (SSSR count). The number of nitrogens with one attached hydrogen (secondary N) is 1. The molecule has 6 heteroatoms. The summed E-state index contributed by atoms with van der Waals surface area (Å²) in [7, 11) is 0. The van der Waals surface area contributed by atoms with Crippen molar-refractivity contribution >= 4 is 0 Å². The van der Waals surface area contributed by atoms with Gasteiger partial charge in [-0.1, -0.05) is 30.7 Å². The third-order valence-corrected chi connectivity index (χ3v) is 2.89. The van der Waals surface area contributed by atoms with Crippen molar-refractivity contribution < 1.29 is 22.0 Å². The Morgan fingerprint density at radius 1 is 1.11 bits per heavy atom. The number of benzene rings is 1. The number of rotatable bonds is 4. The molecule has 19 heavy (non-hydrogen) atoms. The highest BCUT2D eigenvalue weighted by atomic mass is 19.4. The number of aryl methyl sites for hydroxylation is 2. The molecule has 1 aromatic rings. The van der Waals surface area contributed by atoms with Crippen molar-refractivity contribution in [1.82, 2.24) is 5.32 Å². The van der Waals surface area contributed by atoms with E-state index < -0.39 is 18.1 Å². The number of hydrogen-bond acceptors (Lipinski definition) is 1. The van der Waals surface area contributed by atoms with Crippen molar-refractivity contribution in [2.75, 3.05) is 6.54 Å². The third kappa shape index (κ3) is 3.23. The van der Waals surface area contributed by atoms with E-state index in [4.69, 9.17) is 0 Å². The first kappa shape index (κ1) is 15.9. The largest absolute Gasteiger partial charge is 0.455 e. The Labute approximate surface area is 108 Å². The van der Waals surface area contributed by atoms with Crippen LogP contribution in [0.3, 0.4) is 0 Å². The lowest BCUT2D eigenvalue weighted by atomic mass is 9.94. The van der Waals surface area contributed by atoms with E-state index >= 15 is 0 Å². The summed E-state index contributed by atoms with van der Waals surface area (Å²) in [5.41, 5.74) is 1.19. The van der Waals surface area contributed by atoms with E-state index in [0.29, 0.717) is 5.56 Å². The Kier molecular flexibility index (Phi) is 4.55. The molecule has 0 aromatic heterocycles. The molecule has 0 radical (unpaired) electrons. The van der Waals surface area contributed by atoms with E-state index in [2.05, 4.69) is 5.32 Å². The fraction of sp³-hybridized carbons (Fsp3) is 0.538. The maximum atomic E-state index is 13.6. The normalized spacial score (nSPS) is 14.5. The van der Waals surface area contributed by atoms with Gasteiger partial charge in [0.1, 0.15) is 6.04 Å². The fourth-order valence-corrected chi connectivity index (χ4v) is 1.95. The van der Waals surface area contributed by atoms with Gasteiger partial charge in [0.05, 0.1) is 0 Å². The van der Waals surface area contributed by atoms with Crippen molar-refractivity contribution in [3.05, 3.63) is 34.9 Å². The quantitative estimate of drug-likeness (QED) is 0.817. The van der Waals surface area contributed by atoms with Gasteiger partial charge in [0.25, 0.3) is 0 Å². The van der Waals surface area contributed by atoms with E-state index in [-0.39, 0.29) is 12.1 Å². The minimum Gasteiger partial charge on any atom is -0.305 e. The van der Waals surface area contributed by atoms with Gasteiger partial charge in [-0.05, 0) is 31.5 Å². The predicted octanol–water partition coefficient (Wildman–Crippen LogP) is 4.15.